The number of rotatable bonds is 6. The second-order valence-electron chi connectivity index (χ2n) is 8.52. The number of piperazine rings is 1. The first-order chi connectivity index (χ1) is 16.3. The minimum atomic E-state index is -0.310. The summed E-state index contributed by atoms with van der Waals surface area (Å²) < 4.78 is 0. The quantitative estimate of drug-likeness (QED) is 0.381. The van der Waals surface area contributed by atoms with Gasteiger partial charge in [0.2, 0.25) is 5.91 Å². The van der Waals surface area contributed by atoms with E-state index in [0.717, 1.165) is 29.8 Å². The molecule has 0 aliphatic carbocycles. The highest BCUT2D eigenvalue weighted by molar-refractivity contribution is 5.85. The van der Waals surface area contributed by atoms with Gasteiger partial charge in [-0.15, -0.1) is 0 Å². The molecule has 1 atom stereocenters. The van der Waals surface area contributed by atoms with Gasteiger partial charge < -0.3 is 4.90 Å². The van der Waals surface area contributed by atoms with E-state index in [9.17, 15) is 4.79 Å². The van der Waals surface area contributed by atoms with Crippen LogP contribution in [0.5, 0.6) is 0 Å². The molecule has 1 aliphatic heterocycles. The van der Waals surface area contributed by atoms with E-state index in [2.05, 4.69) is 94.7 Å². The maximum absolute atomic E-state index is 14.2. The summed E-state index contributed by atoms with van der Waals surface area (Å²) in [5.74, 6) is 0.154. The highest BCUT2D eigenvalue weighted by Crippen LogP contribution is 2.36. The Hall–Kier alpha value is -3.69. The number of benzene rings is 4. The third-order valence-corrected chi connectivity index (χ3v) is 6.40. The molecule has 1 saturated heterocycles. The number of carbonyl (C=O) groups excluding carboxylic acids is 1. The molecule has 0 N–H and O–H groups in total. The van der Waals surface area contributed by atoms with Crippen molar-refractivity contribution in [2.75, 3.05) is 13.1 Å². The van der Waals surface area contributed by atoms with Gasteiger partial charge in [-0.1, -0.05) is 121 Å². The van der Waals surface area contributed by atoms with Gasteiger partial charge in [0.15, 0.2) is 0 Å². The first-order valence-electron chi connectivity index (χ1n) is 11.5. The number of hydrogen-bond donors (Lipinski definition) is 0. The molecule has 1 fully saturated rings. The van der Waals surface area contributed by atoms with Crippen LogP contribution in [0.25, 0.3) is 0 Å². The highest BCUT2D eigenvalue weighted by Gasteiger charge is 2.39. The van der Waals surface area contributed by atoms with Crippen LogP contribution in [-0.2, 0) is 11.3 Å². The molecule has 0 saturated carbocycles. The van der Waals surface area contributed by atoms with Crippen LogP contribution in [0.1, 0.15) is 34.3 Å². The van der Waals surface area contributed by atoms with Crippen molar-refractivity contribution in [1.29, 1.82) is 0 Å². The van der Waals surface area contributed by atoms with Gasteiger partial charge in [-0.3, -0.25) is 9.69 Å². The van der Waals surface area contributed by atoms with Crippen molar-refractivity contribution in [3.05, 3.63) is 144 Å². The monoisotopic (exact) mass is 432 g/mol. The second-order valence-corrected chi connectivity index (χ2v) is 8.52. The van der Waals surface area contributed by atoms with Crippen molar-refractivity contribution in [2.24, 2.45) is 0 Å². The molecule has 164 valence electrons. The van der Waals surface area contributed by atoms with E-state index in [1.165, 1.54) is 5.56 Å². The van der Waals surface area contributed by atoms with E-state index in [1.54, 1.807) is 0 Å². The average Bonchev–Trinajstić information content (AvgIpc) is 2.88. The molecule has 3 heteroatoms. The summed E-state index contributed by atoms with van der Waals surface area (Å²) in [7, 11) is 0. The normalized spacial score (nSPS) is 16.8. The maximum Gasteiger partial charge on any atom is 0.245 e. The van der Waals surface area contributed by atoms with E-state index in [4.69, 9.17) is 0 Å². The van der Waals surface area contributed by atoms with E-state index in [-0.39, 0.29) is 18.0 Å². The SMILES string of the molecule is O=C1C(c2ccccc2)N(Cc2ccccc2)CCN1C(c1ccccc1)c1ccccc1. The number of nitrogens with zero attached hydrogens (tertiary/aromatic N) is 2. The van der Waals surface area contributed by atoms with Crippen LogP contribution in [0.15, 0.2) is 121 Å². The first-order valence-corrected chi connectivity index (χ1v) is 11.5. The van der Waals surface area contributed by atoms with Crippen LogP contribution in [0.4, 0.5) is 0 Å². The molecule has 1 heterocycles. The summed E-state index contributed by atoms with van der Waals surface area (Å²) in [6, 6.07) is 41.0. The van der Waals surface area contributed by atoms with Crippen molar-refractivity contribution in [3.63, 3.8) is 0 Å². The highest BCUT2D eigenvalue weighted by atomic mass is 16.2. The van der Waals surface area contributed by atoms with Gasteiger partial charge in [0.05, 0.1) is 6.04 Å². The van der Waals surface area contributed by atoms with E-state index < -0.39 is 0 Å². The molecule has 0 spiro atoms. The fraction of sp³-hybridized carbons (Fsp3) is 0.167. The van der Waals surface area contributed by atoms with Crippen LogP contribution in [-0.4, -0.2) is 28.8 Å². The predicted molar refractivity (Wildman–Crippen MR) is 132 cm³/mol. The van der Waals surface area contributed by atoms with Gasteiger partial charge >= 0.3 is 0 Å². The Labute approximate surface area is 195 Å². The Kier molecular flexibility index (Phi) is 6.32. The second kappa shape index (κ2) is 9.85. The minimum Gasteiger partial charge on any atom is -0.329 e. The topological polar surface area (TPSA) is 23.6 Å². The van der Waals surface area contributed by atoms with Crippen LogP contribution in [0.2, 0.25) is 0 Å². The molecular formula is C30H28N2O. The summed E-state index contributed by atoms with van der Waals surface area (Å²) in [5, 5.41) is 0. The molecule has 1 amide bonds. The minimum absolute atomic E-state index is 0.106. The van der Waals surface area contributed by atoms with Gasteiger partial charge in [-0.25, -0.2) is 0 Å². The molecule has 33 heavy (non-hydrogen) atoms. The van der Waals surface area contributed by atoms with Crippen molar-refractivity contribution in [2.45, 2.75) is 18.6 Å². The maximum atomic E-state index is 14.2. The van der Waals surface area contributed by atoms with Gasteiger partial charge in [-0.05, 0) is 22.3 Å². The molecule has 4 aromatic carbocycles. The lowest BCUT2D eigenvalue weighted by molar-refractivity contribution is -0.144. The Bertz CT molecular complexity index is 1120. The lowest BCUT2D eigenvalue weighted by Gasteiger charge is -2.44. The van der Waals surface area contributed by atoms with Crippen molar-refractivity contribution >= 4 is 5.91 Å². The Morgan fingerprint density at radius 3 is 1.67 bits per heavy atom. The lowest BCUT2D eigenvalue weighted by Crippen LogP contribution is -2.53. The molecule has 1 unspecified atom stereocenters. The predicted octanol–water partition coefficient (Wildman–Crippen LogP) is 5.86. The van der Waals surface area contributed by atoms with Gasteiger partial charge in [-0.2, -0.15) is 0 Å². The number of hydrogen-bond acceptors (Lipinski definition) is 2. The Morgan fingerprint density at radius 1 is 0.636 bits per heavy atom. The fourth-order valence-corrected chi connectivity index (χ4v) is 4.85. The average molecular weight is 433 g/mol. The van der Waals surface area contributed by atoms with Crippen LogP contribution < -0.4 is 0 Å². The van der Waals surface area contributed by atoms with Crippen molar-refractivity contribution < 1.29 is 4.79 Å². The third-order valence-electron chi connectivity index (χ3n) is 6.40. The van der Waals surface area contributed by atoms with E-state index in [1.807, 2.05) is 36.4 Å². The summed E-state index contributed by atoms with van der Waals surface area (Å²) >= 11 is 0. The Morgan fingerprint density at radius 2 is 1.12 bits per heavy atom. The van der Waals surface area contributed by atoms with Crippen molar-refractivity contribution in [1.82, 2.24) is 9.80 Å². The third kappa shape index (κ3) is 4.59. The van der Waals surface area contributed by atoms with Crippen LogP contribution in [0, 0.1) is 0 Å². The molecule has 0 radical (unpaired) electrons. The molecule has 5 rings (SSSR count). The summed E-state index contributed by atoms with van der Waals surface area (Å²) in [6.45, 7) is 2.25. The first kappa shape index (κ1) is 21.2. The lowest BCUT2D eigenvalue weighted by atomic mass is 9.93. The summed E-state index contributed by atoms with van der Waals surface area (Å²) in [6.07, 6.45) is 0. The summed E-state index contributed by atoms with van der Waals surface area (Å²) in [4.78, 5) is 18.6. The molecule has 3 nitrogen and oxygen atoms in total. The standard InChI is InChI=1S/C30H28N2O/c33-30-29(27-19-11-4-12-20-27)31(23-24-13-5-1-6-14-24)21-22-32(30)28(25-15-7-2-8-16-25)26-17-9-3-10-18-26/h1-20,28-29H,21-23H2. The largest absolute Gasteiger partial charge is 0.329 e. The van der Waals surface area contributed by atoms with E-state index >= 15 is 0 Å². The van der Waals surface area contributed by atoms with Crippen molar-refractivity contribution in [3.8, 4) is 0 Å². The molecule has 0 bridgehead atoms. The zero-order valence-corrected chi connectivity index (χ0v) is 18.6. The van der Waals surface area contributed by atoms with Crippen LogP contribution >= 0.6 is 0 Å². The molecule has 0 aromatic heterocycles. The smallest absolute Gasteiger partial charge is 0.245 e. The van der Waals surface area contributed by atoms with Gasteiger partial charge in [0.1, 0.15) is 6.04 Å². The van der Waals surface area contributed by atoms with E-state index in [0.29, 0.717) is 6.54 Å². The van der Waals surface area contributed by atoms with Gasteiger partial charge in [0, 0.05) is 19.6 Å². The summed E-state index contributed by atoms with van der Waals surface area (Å²) in [5.41, 5.74) is 4.55. The van der Waals surface area contributed by atoms with Crippen LogP contribution in [0.3, 0.4) is 0 Å². The zero-order chi connectivity index (χ0) is 22.5. The number of amides is 1. The molecule has 1 aliphatic rings. The fourth-order valence-electron chi connectivity index (χ4n) is 4.85. The molecular weight excluding hydrogens is 404 g/mol. The zero-order valence-electron chi connectivity index (χ0n) is 18.6. The molecule has 4 aromatic rings. The van der Waals surface area contributed by atoms with Gasteiger partial charge in [0.25, 0.3) is 0 Å². The number of carbonyl (C=O) groups is 1. The Balaban J connectivity index is 1.53.